The molecule has 0 heterocycles. The first-order valence-corrected chi connectivity index (χ1v) is 6.10. The first-order chi connectivity index (χ1) is 6.64. The van der Waals surface area contributed by atoms with Crippen LogP contribution < -0.4 is 0 Å². The maximum absolute atomic E-state index is 11.1. The van der Waals surface area contributed by atoms with E-state index in [4.69, 9.17) is 0 Å². The Bertz CT molecular complexity index is 336. The SMILES string of the molecule is CC12CCC(C=O)C3C1CC1C3C12C. The topological polar surface area (TPSA) is 17.1 Å². The van der Waals surface area contributed by atoms with E-state index in [0.717, 1.165) is 23.7 Å². The Kier molecular flexibility index (Phi) is 1.03. The average molecular weight is 190 g/mol. The van der Waals surface area contributed by atoms with E-state index >= 15 is 0 Å². The van der Waals surface area contributed by atoms with Crippen molar-refractivity contribution in [3.63, 3.8) is 0 Å². The van der Waals surface area contributed by atoms with Gasteiger partial charge in [-0.05, 0) is 53.8 Å². The molecular formula is C13H18O. The summed E-state index contributed by atoms with van der Waals surface area (Å²) >= 11 is 0. The number of hydrogen-bond acceptors (Lipinski definition) is 1. The lowest BCUT2D eigenvalue weighted by molar-refractivity contribution is -0.115. The van der Waals surface area contributed by atoms with E-state index in [0.29, 0.717) is 16.7 Å². The number of rotatable bonds is 1. The summed E-state index contributed by atoms with van der Waals surface area (Å²) in [6.07, 6.45) is 5.22. The molecule has 1 nitrogen and oxygen atoms in total. The zero-order chi connectivity index (χ0) is 9.72. The molecule has 0 amide bonds. The third-order valence-corrected chi connectivity index (χ3v) is 6.89. The molecule has 6 bridgehead atoms. The van der Waals surface area contributed by atoms with Gasteiger partial charge < -0.3 is 4.79 Å². The Labute approximate surface area is 85.3 Å². The van der Waals surface area contributed by atoms with Crippen LogP contribution in [0.3, 0.4) is 0 Å². The summed E-state index contributed by atoms with van der Waals surface area (Å²) in [5, 5.41) is 0. The maximum Gasteiger partial charge on any atom is 0.123 e. The fraction of sp³-hybridized carbons (Fsp3) is 0.923. The lowest BCUT2D eigenvalue weighted by Gasteiger charge is -2.41. The van der Waals surface area contributed by atoms with Gasteiger partial charge in [0.15, 0.2) is 0 Å². The summed E-state index contributed by atoms with van der Waals surface area (Å²) in [4.78, 5) is 11.1. The van der Waals surface area contributed by atoms with Gasteiger partial charge in [-0.15, -0.1) is 0 Å². The van der Waals surface area contributed by atoms with Crippen LogP contribution in [0.25, 0.3) is 0 Å². The maximum atomic E-state index is 11.1. The van der Waals surface area contributed by atoms with E-state index in [2.05, 4.69) is 13.8 Å². The molecule has 0 saturated heterocycles. The van der Waals surface area contributed by atoms with Crippen molar-refractivity contribution in [1.29, 1.82) is 0 Å². The van der Waals surface area contributed by atoms with Gasteiger partial charge in [0.2, 0.25) is 0 Å². The van der Waals surface area contributed by atoms with Crippen molar-refractivity contribution in [1.82, 2.24) is 0 Å². The summed E-state index contributed by atoms with van der Waals surface area (Å²) in [7, 11) is 0. The standard InChI is InChI=1S/C13H18O/c1-12-4-3-7(6-14)10-8(12)5-9-11(10)13(9,12)2/h6-11H,3-5H2,1-2H3. The summed E-state index contributed by atoms with van der Waals surface area (Å²) in [5.41, 5.74) is 1.27. The van der Waals surface area contributed by atoms with Crippen LogP contribution in [0.5, 0.6) is 0 Å². The quantitative estimate of drug-likeness (QED) is 0.581. The zero-order valence-corrected chi connectivity index (χ0v) is 8.99. The van der Waals surface area contributed by atoms with E-state index in [1.807, 2.05) is 0 Å². The van der Waals surface area contributed by atoms with Gasteiger partial charge in [0.05, 0.1) is 0 Å². The van der Waals surface area contributed by atoms with Crippen LogP contribution in [0, 0.1) is 40.4 Å². The van der Waals surface area contributed by atoms with Crippen LogP contribution in [0.2, 0.25) is 0 Å². The van der Waals surface area contributed by atoms with Gasteiger partial charge in [-0.2, -0.15) is 0 Å². The molecule has 14 heavy (non-hydrogen) atoms. The van der Waals surface area contributed by atoms with Gasteiger partial charge in [0, 0.05) is 5.92 Å². The molecule has 5 saturated carbocycles. The number of aldehydes is 1. The molecule has 0 aromatic rings. The summed E-state index contributed by atoms with van der Waals surface area (Å²) in [5.74, 6) is 4.07. The second-order valence-electron chi connectivity index (χ2n) is 6.59. The van der Waals surface area contributed by atoms with Crippen molar-refractivity contribution >= 4 is 6.29 Å². The average Bonchev–Trinajstić information content (AvgIpc) is 2.50. The molecule has 0 aromatic carbocycles. The van der Waals surface area contributed by atoms with E-state index < -0.39 is 0 Å². The predicted molar refractivity (Wildman–Crippen MR) is 53.6 cm³/mol. The number of hydrogen-bond donors (Lipinski definition) is 0. The minimum absolute atomic E-state index is 0.424. The smallest absolute Gasteiger partial charge is 0.123 e. The zero-order valence-electron chi connectivity index (χ0n) is 8.99. The predicted octanol–water partition coefficient (Wildman–Crippen LogP) is 2.50. The van der Waals surface area contributed by atoms with Crippen molar-refractivity contribution in [2.45, 2.75) is 33.1 Å². The van der Waals surface area contributed by atoms with Crippen LogP contribution in [0.1, 0.15) is 33.1 Å². The molecular weight excluding hydrogens is 172 g/mol. The van der Waals surface area contributed by atoms with Gasteiger partial charge in [-0.3, -0.25) is 0 Å². The molecule has 5 fully saturated rings. The van der Waals surface area contributed by atoms with Crippen LogP contribution in [-0.4, -0.2) is 6.29 Å². The second kappa shape index (κ2) is 1.83. The normalized spacial score (nSPS) is 72.3. The van der Waals surface area contributed by atoms with E-state index in [9.17, 15) is 4.79 Å². The van der Waals surface area contributed by atoms with Gasteiger partial charge in [-0.25, -0.2) is 0 Å². The number of carbonyl (C=O) groups excluding carboxylic acids is 1. The Morgan fingerprint density at radius 2 is 2.07 bits per heavy atom. The Hall–Kier alpha value is -0.330. The van der Waals surface area contributed by atoms with E-state index in [1.165, 1.54) is 25.5 Å². The highest BCUT2D eigenvalue weighted by Crippen LogP contribution is 2.91. The molecule has 7 unspecified atom stereocenters. The minimum Gasteiger partial charge on any atom is -0.303 e. The highest BCUT2D eigenvalue weighted by Gasteiger charge is 2.86. The Morgan fingerprint density at radius 3 is 2.71 bits per heavy atom. The molecule has 0 spiro atoms. The van der Waals surface area contributed by atoms with Crippen molar-refractivity contribution in [2.75, 3.05) is 0 Å². The molecule has 7 atom stereocenters. The van der Waals surface area contributed by atoms with Crippen molar-refractivity contribution in [3.8, 4) is 0 Å². The van der Waals surface area contributed by atoms with Crippen LogP contribution in [0.4, 0.5) is 0 Å². The van der Waals surface area contributed by atoms with Crippen LogP contribution >= 0.6 is 0 Å². The lowest BCUT2D eigenvalue weighted by Crippen LogP contribution is -2.36. The van der Waals surface area contributed by atoms with Gasteiger partial charge >= 0.3 is 0 Å². The van der Waals surface area contributed by atoms with Gasteiger partial charge in [0.25, 0.3) is 0 Å². The molecule has 0 aliphatic heterocycles. The van der Waals surface area contributed by atoms with Crippen molar-refractivity contribution in [3.05, 3.63) is 0 Å². The molecule has 0 radical (unpaired) electrons. The lowest BCUT2D eigenvalue weighted by atomic mass is 9.63. The molecule has 1 heteroatoms. The Balaban J connectivity index is 1.87. The van der Waals surface area contributed by atoms with Gasteiger partial charge in [0.1, 0.15) is 6.29 Å². The fourth-order valence-corrected chi connectivity index (χ4v) is 6.10. The number of carbonyl (C=O) groups is 1. The first-order valence-electron chi connectivity index (χ1n) is 6.10. The summed E-state index contributed by atoms with van der Waals surface area (Å²) in [6.45, 7) is 5.02. The van der Waals surface area contributed by atoms with Crippen molar-refractivity contribution in [2.24, 2.45) is 40.4 Å². The fourth-order valence-electron chi connectivity index (χ4n) is 6.10. The highest BCUT2D eigenvalue weighted by molar-refractivity contribution is 5.57. The molecule has 0 N–H and O–H groups in total. The minimum atomic E-state index is 0.424. The summed E-state index contributed by atoms with van der Waals surface area (Å²) in [6, 6.07) is 0. The highest BCUT2D eigenvalue weighted by atomic mass is 16.1. The van der Waals surface area contributed by atoms with Crippen LogP contribution in [0.15, 0.2) is 0 Å². The second-order valence-corrected chi connectivity index (χ2v) is 6.59. The van der Waals surface area contributed by atoms with Crippen molar-refractivity contribution < 1.29 is 4.79 Å². The van der Waals surface area contributed by atoms with E-state index in [1.54, 1.807) is 0 Å². The molecule has 5 aliphatic carbocycles. The molecule has 0 aromatic heterocycles. The Morgan fingerprint density at radius 1 is 1.29 bits per heavy atom. The van der Waals surface area contributed by atoms with Gasteiger partial charge in [-0.1, -0.05) is 13.8 Å². The first kappa shape index (κ1) is 7.90. The molecule has 5 aliphatic rings. The largest absolute Gasteiger partial charge is 0.303 e. The monoisotopic (exact) mass is 190 g/mol. The molecule has 76 valence electrons. The van der Waals surface area contributed by atoms with Crippen LogP contribution in [-0.2, 0) is 4.79 Å². The third-order valence-electron chi connectivity index (χ3n) is 6.89. The molecule has 5 rings (SSSR count). The third kappa shape index (κ3) is 0.479. The van der Waals surface area contributed by atoms with E-state index in [-0.39, 0.29) is 0 Å². The summed E-state index contributed by atoms with van der Waals surface area (Å²) < 4.78 is 0.